The van der Waals surface area contributed by atoms with E-state index in [2.05, 4.69) is 15.1 Å². The summed E-state index contributed by atoms with van der Waals surface area (Å²) < 4.78 is 70.9. The standard InChI is InChI=1S/C18H14F5N5O/c1-9-4-13(28-17(26-9)24-8-25-28)10-5-18(22,23)7-27(6-10)16(29)11-2-3-12(19)15(21)14(11)20/h2-4,8,10H,5-7H2,1H3/t10-/m0/s1. The molecular formula is C18H14F5N5O. The Morgan fingerprint density at radius 1 is 1.21 bits per heavy atom. The molecule has 1 fully saturated rings. The zero-order chi connectivity index (χ0) is 20.9. The first-order valence-corrected chi connectivity index (χ1v) is 8.64. The van der Waals surface area contributed by atoms with Crippen LogP contribution in [0.15, 0.2) is 24.5 Å². The van der Waals surface area contributed by atoms with Gasteiger partial charge in [0.1, 0.15) is 6.33 Å². The maximum atomic E-state index is 14.5. The molecule has 6 nitrogen and oxygen atoms in total. The number of likely N-dealkylation sites (tertiary alicyclic amines) is 1. The number of rotatable bonds is 2. The monoisotopic (exact) mass is 411 g/mol. The number of nitrogens with zero attached hydrogens (tertiary/aromatic N) is 5. The van der Waals surface area contributed by atoms with Crippen LogP contribution < -0.4 is 0 Å². The summed E-state index contributed by atoms with van der Waals surface area (Å²) >= 11 is 0. The minimum atomic E-state index is -3.28. The molecule has 2 aromatic heterocycles. The number of amides is 1. The van der Waals surface area contributed by atoms with Gasteiger partial charge in [0.2, 0.25) is 0 Å². The number of alkyl halides is 2. The van der Waals surface area contributed by atoms with E-state index in [1.165, 1.54) is 10.8 Å². The predicted octanol–water partition coefficient (Wildman–Crippen LogP) is 3.12. The number of fused-ring (bicyclic) bond motifs is 1. The van der Waals surface area contributed by atoms with Gasteiger partial charge in [0, 0.05) is 24.6 Å². The summed E-state index contributed by atoms with van der Waals surface area (Å²) in [6.45, 7) is 0.509. The van der Waals surface area contributed by atoms with E-state index in [4.69, 9.17) is 0 Å². The van der Waals surface area contributed by atoms with Crippen molar-refractivity contribution in [2.24, 2.45) is 0 Å². The van der Waals surface area contributed by atoms with Crippen molar-refractivity contribution >= 4 is 11.7 Å². The summed E-state index contributed by atoms with van der Waals surface area (Å²) in [6.07, 6.45) is 0.654. The van der Waals surface area contributed by atoms with Crippen LogP contribution in [-0.2, 0) is 0 Å². The molecule has 0 spiro atoms. The average Bonchev–Trinajstić information content (AvgIpc) is 3.12. The van der Waals surface area contributed by atoms with E-state index in [9.17, 15) is 26.7 Å². The molecule has 0 aliphatic carbocycles. The normalized spacial score (nSPS) is 19.0. The summed E-state index contributed by atoms with van der Waals surface area (Å²) in [5.41, 5.74) is 0.0870. The molecule has 4 rings (SSSR count). The fourth-order valence-electron chi connectivity index (χ4n) is 3.56. The number of hydrogen-bond acceptors (Lipinski definition) is 4. The highest BCUT2D eigenvalue weighted by Crippen LogP contribution is 2.37. The Balaban J connectivity index is 1.72. The molecule has 0 unspecified atom stereocenters. The second kappa shape index (κ2) is 6.75. The number of hydrogen-bond donors (Lipinski definition) is 0. The maximum Gasteiger partial charge on any atom is 0.266 e. The molecule has 29 heavy (non-hydrogen) atoms. The Labute approximate surface area is 161 Å². The Bertz CT molecular complexity index is 1120. The second-order valence-corrected chi connectivity index (χ2v) is 6.96. The number of piperidine rings is 1. The van der Waals surface area contributed by atoms with Gasteiger partial charge in [-0.1, -0.05) is 0 Å². The van der Waals surface area contributed by atoms with Crippen molar-refractivity contribution in [3.63, 3.8) is 0 Å². The molecule has 0 radical (unpaired) electrons. The van der Waals surface area contributed by atoms with E-state index < -0.39 is 53.7 Å². The van der Waals surface area contributed by atoms with Gasteiger partial charge in [-0.3, -0.25) is 4.79 Å². The highest BCUT2D eigenvalue weighted by molar-refractivity contribution is 5.94. The first-order chi connectivity index (χ1) is 13.7. The molecule has 1 saturated heterocycles. The van der Waals surface area contributed by atoms with Crippen molar-refractivity contribution in [2.45, 2.75) is 25.2 Å². The van der Waals surface area contributed by atoms with Crippen LogP contribution in [0.3, 0.4) is 0 Å². The molecule has 3 heterocycles. The summed E-state index contributed by atoms with van der Waals surface area (Å²) in [7, 11) is 0. The molecular weight excluding hydrogens is 397 g/mol. The summed E-state index contributed by atoms with van der Waals surface area (Å²) in [6, 6.07) is 2.88. The topological polar surface area (TPSA) is 63.4 Å². The molecule has 0 N–H and O–H groups in total. The van der Waals surface area contributed by atoms with Gasteiger partial charge in [0.25, 0.3) is 17.6 Å². The van der Waals surface area contributed by atoms with Crippen molar-refractivity contribution in [3.05, 3.63) is 58.9 Å². The number of aryl methyl sites for hydroxylation is 1. The number of halogens is 5. The van der Waals surface area contributed by atoms with Crippen molar-refractivity contribution in [3.8, 4) is 0 Å². The van der Waals surface area contributed by atoms with Crippen LogP contribution in [0.1, 0.15) is 34.1 Å². The molecule has 3 aromatic rings. The van der Waals surface area contributed by atoms with Crippen LogP contribution in [-0.4, -0.2) is 49.4 Å². The SMILES string of the molecule is Cc1cc([C@@H]2CN(C(=O)c3ccc(F)c(F)c3F)CC(F)(F)C2)n2ncnc2n1. The van der Waals surface area contributed by atoms with E-state index in [1.807, 2.05) is 0 Å². The quantitative estimate of drug-likeness (QED) is 0.480. The van der Waals surface area contributed by atoms with Crippen molar-refractivity contribution < 1.29 is 26.7 Å². The minimum Gasteiger partial charge on any atom is -0.332 e. The number of aromatic nitrogens is 4. The Morgan fingerprint density at radius 3 is 2.72 bits per heavy atom. The van der Waals surface area contributed by atoms with E-state index in [1.54, 1.807) is 13.0 Å². The van der Waals surface area contributed by atoms with Gasteiger partial charge in [-0.25, -0.2) is 31.5 Å². The van der Waals surface area contributed by atoms with Crippen LogP contribution in [0, 0.1) is 24.4 Å². The summed E-state index contributed by atoms with van der Waals surface area (Å²) in [4.78, 5) is 21.5. The largest absolute Gasteiger partial charge is 0.332 e. The van der Waals surface area contributed by atoms with E-state index in [0.717, 1.165) is 11.0 Å². The van der Waals surface area contributed by atoms with Crippen LogP contribution >= 0.6 is 0 Å². The minimum absolute atomic E-state index is 0.189. The second-order valence-electron chi connectivity index (χ2n) is 6.96. The molecule has 1 amide bonds. The van der Waals surface area contributed by atoms with Crippen molar-refractivity contribution in [2.75, 3.05) is 13.1 Å². The zero-order valence-corrected chi connectivity index (χ0v) is 15.0. The van der Waals surface area contributed by atoms with E-state index in [-0.39, 0.29) is 12.3 Å². The third kappa shape index (κ3) is 3.40. The predicted molar refractivity (Wildman–Crippen MR) is 90.0 cm³/mol. The zero-order valence-electron chi connectivity index (χ0n) is 15.0. The van der Waals surface area contributed by atoms with Gasteiger partial charge in [0.05, 0.1) is 17.8 Å². The Kier molecular flexibility index (Phi) is 4.47. The van der Waals surface area contributed by atoms with Crippen LogP contribution in [0.5, 0.6) is 0 Å². The van der Waals surface area contributed by atoms with Gasteiger partial charge >= 0.3 is 0 Å². The maximum absolute atomic E-state index is 14.5. The first kappa shape index (κ1) is 19.2. The lowest BCUT2D eigenvalue weighted by atomic mass is 9.91. The van der Waals surface area contributed by atoms with Gasteiger partial charge in [-0.2, -0.15) is 10.1 Å². The van der Waals surface area contributed by atoms with E-state index >= 15 is 0 Å². The van der Waals surface area contributed by atoms with Crippen molar-refractivity contribution in [1.29, 1.82) is 0 Å². The van der Waals surface area contributed by atoms with Crippen molar-refractivity contribution in [1.82, 2.24) is 24.5 Å². The fourth-order valence-corrected chi connectivity index (χ4v) is 3.56. The first-order valence-electron chi connectivity index (χ1n) is 8.64. The number of carbonyl (C=O) groups excluding carboxylic acids is 1. The van der Waals surface area contributed by atoms with Crippen LogP contribution in [0.4, 0.5) is 22.0 Å². The Hall–Kier alpha value is -3.11. The smallest absolute Gasteiger partial charge is 0.266 e. The number of benzene rings is 1. The molecule has 1 aliphatic rings. The lowest BCUT2D eigenvalue weighted by Crippen LogP contribution is -2.49. The Morgan fingerprint density at radius 2 is 1.97 bits per heavy atom. The van der Waals surface area contributed by atoms with Gasteiger partial charge in [0.15, 0.2) is 17.5 Å². The molecule has 1 aromatic carbocycles. The lowest BCUT2D eigenvalue weighted by molar-refractivity contribution is -0.0642. The summed E-state index contributed by atoms with van der Waals surface area (Å²) in [5, 5.41) is 3.99. The number of carbonyl (C=O) groups is 1. The van der Waals surface area contributed by atoms with Gasteiger partial charge in [-0.15, -0.1) is 0 Å². The highest BCUT2D eigenvalue weighted by Gasteiger charge is 2.44. The van der Waals surface area contributed by atoms with Gasteiger partial charge < -0.3 is 4.90 Å². The van der Waals surface area contributed by atoms with Gasteiger partial charge in [-0.05, 0) is 25.1 Å². The lowest BCUT2D eigenvalue weighted by Gasteiger charge is -2.37. The van der Waals surface area contributed by atoms with Crippen LogP contribution in [0.25, 0.3) is 5.78 Å². The fraction of sp³-hybridized carbons (Fsp3) is 0.333. The third-order valence-corrected chi connectivity index (χ3v) is 4.79. The van der Waals surface area contributed by atoms with Crippen LogP contribution in [0.2, 0.25) is 0 Å². The molecule has 0 bridgehead atoms. The molecule has 0 saturated carbocycles. The third-order valence-electron chi connectivity index (χ3n) is 4.79. The summed E-state index contributed by atoms with van der Waals surface area (Å²) in [5.74, 6) is -10.1. The molecule has 1 aliphatic heterocycles. The highest BCUT2D eigenvalue weighted by atomic mass is 19.3. The molecule has 11 heteroatoms. The molecule has 152 valence electrons. The van der Waals surface area contributed by atoms with E-state index in [0.29, 0.717) is 17.5 Å². The average molecular weight is 411 g/mol. The molecule has 1 atom stereocenters.